The molecule has 0 amide bonds. The third-order valence-electron chi connectivity index (χ3n) is 3.04. The summed E-state index contributed by atoms with van der Waals surface area (Å²) in [6, 6.07) is 3.92. The van der Waals surface area contributed by atoms with Gasteiger partial charge in [-0.15, -0.1) is 0 Å². The van der Waals surface area contributed by atoms with Crippen LogP contribution in [0.1, 0.15) is 56.7 Å². The molecule has 0 aliphatic rings. The summed E-state index contributed by atoms with van der Waals surface area (Å²) in [5, 5.41) is 0. The number of ketones is 1. The van der Waals surface area contributed by atoms with E-state index in [1.165, 1.54) is 25.7 Å². The van der Waals surface area contributed by atoms with E-state index in [9.17, 15) is 4.79 Å². The Kier molecular flexibility index (Phi) is 6.53. The highest BCUT2D eigenvalue weighted by atomic mass is 16.1. The maximum atomic E-state index is 11.8. The summed E-state index contributed by atoms with van der Waals surface area (Å²) in [7, 11) is 0. The van der Waals surface area contributed by atoms with Crippen LogP contribution >= 0.6 is 0 Å². The van der Waals surface area contributed by atoms with Crippen molar-refractivity contribution in [3.8, 4) is 0 Å². The van der Waals surface area contributed by atoms with Crippen molar-refractivity contribution in [2.24, 2.45) is 0 Å². The molecule has 0 radical (unpaired) electrons. The molecule has 17 heavy (non-hydrogen) atoms. The smallest absolute Gasteiger partial charge is 0.138 e. The minimum absolute atomic E-state index is 0.322. The highest BCUT2D eigenvalue weighted by molar-refractivity contribution is 5.80. The fourth-order valence-electron chi connectivity index (χ4n) is 1.90. The molecule has 0 saturated carbocycles. The zero-order chi connectivity index (χ0) is 12.5. The van der Waals surface area contributed by atoms with Gasteiger partial charge in [0.05, 0.1) is 5.69 Å². The maximum Gasteiger partial charge on any atom is 0.138 e. The molecular weight excluding hydrogens is 210 g/mol. The van der Waals surface area contributed by atoms with Gasteiger partial charge in [-0.1, -0.05) is 38.7 Å². The molecule has 0 aliphatic heterocycles. The van der Waals surface area contributed by atoms with Crippen molar-refractivity contribution < 1.29 is 4.79 Å². The Morgan fingerprint density at radius 1 is 1.24 bits per heavy atom. The van der Waals surface area contributed by atoms with E-state index in [1.807, 2.05) is 19.1 Å². The number of nitrogens with zero attached hydrogens (tertiary/aromatic N) is 1. The molecule has 2 nitrogen and oxygen atoms in total. The molecule has 2 heteroatoms. The van der Waals surface area contributed by atoms with Gasteiger partial charge < -0.3 is 0 Å². The molecule has 0 bridgehead atoms. The van der Waals surface area contributed by atoms with Gasteiger partial charge in [0.1, 0.15) is 5.78 Å². The number of hydrogen-bond donors (Lipinski definition) is 0. The largest absolute Gasteiger partial charge is 0.299 e. The van der Waals surface area contributed by atoms with Crippen LogP contribution < -0.4 is 0 Å². The molecular formula is C15H23NO. The van der Waals surface area contributed by atoms with Gasteiger partial charge in [-0.05, 0) is 25.0 Å². The van der Waals surface area contributed by atoms with Crippen molar-refractivity contribution in [1.29, 1.82) is 0 Å². The number of rotatable bonds is 8. The number of aromatic nitrogens is 1. The van der Waals surface area contributed by atoms with Gasteiger partial charge in [-0.2, -0.15) is 0 Å². The fraction of sp³-hybridized carbons (Fsp3) is 0.600. The predicted molar refractivity (Wildman–Crippen MR) is 71.1 cm³/mol. The van der Waals surface area contributed by atoms with Gasteiger partial charge in [0.25, 0.3) is 0 Å². The van der Waals surface area contributed by atoms with Crippen molar-refractivity contribution in [3.63, 3.8) is 0 Å². The van der Waals surface area contributed by atoms with Crippen LogP contribution in [0.4, 0.5) is 0 Å². The quantitative estimate of drug-likeness (QED) is 0.638. The van der Waals surface area contributed by atoms with Gasteiger partial charge in [0, 0.05) is 19.0 Å². The number of unbranched alkanes of at least 4 members (excludes halogenated alkanes) is 4. The topological polar surface area (TPSA) is 30.0 Å². The Morgan fingerprint density at radius 3 is 2.71 bits per heavy atom. The lowest BCUT2D eigenvalue weighted by molar-refractivity contribution is -0.118. The Balaban J connectivity index is 2.23. The van der Waals surface area contributed by atoms with Crippen LogP contribution in [0.3, 0.4) is 0 Å². The van der Waals surface area contributed by atoms with Crippen molar-refractivity contribution >= 4 is 5.78 Å². The molecule has 0 spiro atoms. The van der Waals surface area contributed by atoms with Crippen molar-refractivity contribution in [1.82, 2.24) is 4.98 Å². The summed E-state index contributed by atoms with van der Waals surface area (Å²) in [5.41, 5.74) is 2.05. The van der Waals surface area contributed by atoms with Gasteiger partial charge in [-0.25, -0.2) is 0 Å². The second-order valence-electron chi connectivity index (χ2n) is 4.65. The van der Waals surface area contributed by atoms with Crippen LogP contribution in [0.15, 0.2) is 18.3 Å². The molecule has 1 aromatic heterocycles. The number of aryl methyl sites for hydroxylation is 1. The molecule has 0 aromatic carbocycles. The van der Waals surface area contributed by atoms with E-state index >= 15 is 0 Å². The number of hydrogen-bond acceptors (Lipinski definition) is 2. The molecule has 1 rings (SSSR count). The van der Waals surface area contributed by atoms with Crippen LogP contribution in [-0.4, -0.2) is 10.8 Å². The number of carbonyl (C=O) groups is 1. The number of Topliss-reactive ketones (excluding diaryl/α,β-unsaturated/α-hetero) is 1. The second-order valence-corrected chi connectivity index (χ2v) is 4.65. The Hall–Kier alpha value is -1.18. The van der Waals surface area contributed by atoms with Crippen LogP contribution in [0.25, 0.3) is 0 Å². The molecule has 1 heterocycles. The first-order valence-corrected chi connectivity index (χ1v) is 6.66. The van der Waals surface area contributed by atoms with E-state index in [4.69, 9.17) is 0 Å². The molecule has 1 aromatic rings. The number of pyridine rings is 1. The van der Waals surface area contributed by atoms with Crippen LogP contribution in [0.2, 0.25) is 0 Å². The summed E-state index contributed by atoms with van der Waals surface area (Å²) in [6.07, 6.45) is 8.98. The molecule has 94 valence electrons. The SMILES string of the molecule is CCCCCCCC(=O)Cc1ncccc1C. The average Bonchev–Trinajstić information content (AvgIpc) is 2.32. The molecule has 0 fully saturated rings. The van der Waals surface area contributed by atoms with Crippen molar-refractivity contribution in [2.45, 2.75) is 58.8 Å². The lowest BCUT2D eigenvalue weighted by Gasteiger charge is -2.03. The molecule has 0 N–H and O–H groups in total. The first-order valence-electron chi connectivity index (χ1n) is 6.66. The zero-order valence-electron chi connectivity index (χ0n) is 11.0. The second kappa shape index (κ2) is 7.99. The molecule has 0 aliphatic carbocycles. The van der Waals surface area contributed by atoms with Crippen LogP contribution in [0.5, 0.6) is 0 Å². The zero-order valence-corrected chi connectivity index (χ0v) is 11.0. The number of carbonyl (C=O) groups excluding carboxylic acids is 1. The van der Waals surface area contributed by atoms with Crippen LogP contribution in [0, 0.1) is 6.92 Å². The highest BCUT2D eigenvalue weighted by Crippen LogP contribution is 2.09. The third kappa shape index (κ3) is 5.62. The summed E-state index contributed by atoms with van der Waals surface area (Å²) in [5.74, 6) is 0.322. The van der Waals surface area contributed by atoms with E-state index in [-0.39, 0.29) is 0 Å². The molecule has 0 saturated heterocycles. The fourth-order valence-corrected chi connectivity index (χ4v) is 1.90. The molecule has 0 unspecified atom stereocenters. The Labute approximate surface area is 104 Å². The standard InChI is InChI=1S/C15H23NO/c1-3-4-5-6-7-10-14(17)12-15-13(2)9-8-11-16-15/h8-9,11H,3-7,10,12H2,1-2H3. The summed E-state index contributed by atoms with van der Waals surface area (Å²) in [4.78, 5) is 16.0. The Bertz CT molecular complexity index is 347. The van der Waals surface area contributed by atoms with Crippen LogP contribution in [-0.2, 0) is 11.2 Å². The minimum Gasteiger partial charge on any atom is -0.299 e. The monoisotopic (exact) mass is 233 g/mol. The lowest BCUT2D eigenvalue weighted by Crippen LogP contribution is -2.05. The van der Waals surface area contributed by atoms with Gasteiger partial charge >= 0.3 is 0 Å². The summed E-state index contributed by atoms with van der Waals surface area (Å²) >= 11 is 0. The molecule has 0 atom stereocenters. The van der Waals surface area contributed by atoms with Gasteiger partial charge in [0.2, 0.25) is 0 Å². The van der Waals surface area contributed by atoms with E-state index < -0.39 is 0 Å². The normalized spacial score (nSPS) is 10.5. The maximum absolute atomic E-state index is 11.8. The Morgan fingerprint density at radius 2 is 2.00 bits per heavy atom. The first-order chi connectivity index (χ1) is 8.24. The third-order valence-corrected chi connectivity index (χ3v) is 3.04. The van der Waals surface area contributed by atoms with Crippen molar-refractivity contribution in [3.05, 3.63) is 29.6 Å². The first kappa shape index (κ1) is 13.9. The lowest BCUT2D eigenvalue weighted by atomic mass is 10.0. The van der Waals surface area contributed by atoms with E-state index in [0.29, 0.717) is 18.6 Å². The predicted octanol–water partition coefficient (Wildman–Crippen LogP) is 3.86. The summed E-state index contributed by atoms with van der Waals surface area (Å²) < 4.78 is 0. The minimum atomic E-state index is 0.322. The van der Waals surface area contributed by atoms with E-state index in [2.05, 4.69) is 11.9 Å². The van der Waals surface area contributed by atoms with E-state index in [1.54, 1.807) is 6.20 Å². The van der Waals surface area contributed by atoms with E-state index in [0.717, 1.165) is 17.7 Å². The van der Waals surface area contributed by atoms with Gasteiger partial charge in [-0.3, -0.25) is 9.78 Å². The average molecular weight is 233 g/mol. The van der Waals surface area contributed by atoms with Gasteiger partial charge in [0.15, 0.2) is 0 Å². The summed E-state index contributed by atoms with van der Waals surface area (Å²) in [6.45, 7) is 4.21. The van der Waals surface area contributed by atoms with Crippen molar-refractivity contribution in [2.75, 3.05) is 0 Å². The highest BCUT2D eigenvalue weighted by Gasteiger charge is 2.06.